The zero-order valence-electron chi connectivity index (χ0n) is 5.98. The molecule has 0 saturated carbocycles. The third-order valence-electron chi connectivity index (χ3n) is 0.586. The van der Waals surface area contributed by atoms with Gasteiger partial charge in [-0.15, -0.1) is 56.0 Å². The Morgan fingerprint density at radius 2 is 1.45 bits per heavy atom. The summed E-state index contributed by atoms with van der Waals surface area (Å²) in [5.41, 5.74) is 0. The van der Waals surface area contributed by atoms with Gasteiger partial charge in [0.1, 0.15) is 0 Å². The Kier molecular flexibility index (Phi) is 108. The molecule has 11 heavy (non-hydrogen) atoms. The molecule has 0 unspecified atom stereocenters. The van der Waals surface area contributed by atoms with E-state index in [4.69, 9.17) is 0 Å². The molecule has 0 amide bonds. The zero-order chi connectivity index (χ0) is 3.54. The van der Waals surface area contributed by atoms with Crippen molar-refractivity contribution < 1.29 is 21.1 Å². The van der Waals surface area contributed by atoms with Crippen LogP contribution in [0.2, 0.25) is 0 Å². The van der Waals surface area contributed by atoms with E-state index in [-0.39, 0.29) is 78.1 Å². The van der Waals surface area contributed by atoms with Crippen molar-refractivity contribution >= 4 is 49.6 Å². The van der Waals surface area contributed by atoms with Crippen LogP contribution in [0.15, 0.2) is 18.2 Å². The zero-order valence-corrected chi connectivity index (χ0v) is 12.2. The average Bonchev–Trinajstić information content (AvgIpc) is 1.76. The average molecular weight is 410 g/mol. The summed E-state index contributed by atoms with van der Waals surface area (Å²) in [6.45, 7) is 0. The molecule has 0 aromatic rings. The van der Waals surface area contributed by atoms with E-state index in [1.807, 2.05) is 12.2 Å². The fourth-order valence-electron chi connectivity index (χ4n) is 0.340. The second-order valence-corrected chi connectivity index (χ2v) is 1.00. The maximum atomic E-state index is 2.99. The number of halogens is 4. The fraction of sp³-hybridized carbons (Fsp3) is 0.167. The first-order valence-corrected chi connectivity index (χ1v) is 1.72. The Morgan fingerprint density at radius 1 is 1.00 bits per heavy atom. The van der Waals surface area contributed by atoms with Crippen LogP contribution in [-0.2, 0) is 21.1 Å². The van der Waals surface area contributed by atoms with Gasteiger partial charge in [-0.2, -0.15) is 6.08 Å². The van der Waals surface area contributed by atoms with Crippen LogP contribution < -0.4 is 0 Å². The van der Waals surface area contributed by atoms with Gasteiger partial charge in [0.2, 0.25) is 0 Å². The van der Waals surface area contributed by atoms with Crippen molar-refractivity contribution in [2.24, 2.45) is 0 Å². The van der Waals surface area contributed by atoms with Gasteiger partial charge in [0.05, 0.1) is 0 Å². The van der Waals surface area contributed by atoms with Crippen LogP contribution in [-0.4, -0.2) is 0 Å². The van der Waals surface area contributed by atoms with E-state index in [1.54, 1.807) is 0 Å². The molecular weight excluding hydrogens is 398 g/mol. The van der Waals surface area contributed by atoms with Crippen molar-refractivity contribution in [2.45, 2.75) is 6.42 Å². The van der Waals surface area contributed by atoms with Crippen molar-refractivity contribution in [3.8, 4) is 0 Å². The summed E-state index contributed by atoms with van der Waals surface area (Å²) in [5, 5.41) is 0. The van der Waals surface area contributed by atoms with Gasteiger partial charge in [0, 0.05) is 0 Å². The Hall–Kier alpha value is 1.33. The first kappa shape index (κ1) is 39.5. The molecule has 1 rings (SSSR count). The van der Waals surface area contributed by atoms with Gasteiger partial charge < -0.3 is 7.43 Å². The first-order chi connectivity index (χ1) is 2.50. The predicted octanol–water partition coefficient (Wildman–Crippen LogP) is 3.44. The Bertz CT molecular complexity index is 72.7. The molecule has 0 aromatic heterocycles. The third kappa shape index (κ3) is 24.6. The van der Waals surface area contributed by atoms with E-state index in [9.17, 15) is 0 Å². The molecule has 0 nitrogen and oxygen atoms in total. The van der Waals surface area contributed by atoms with Crippen molar-refractivity contribution in [2.75, 3.05) is 0 Å². The minimum Gasteiger partial charge on any atom is -0.358 e. The molecule has 0 saturated heterocycles. The summed E-state index contributed by atoms with van der Waals surface area (Å²) in [6, 6.07) is 0. The molecular formula is C6H12Cl4W. The second kappa shape index (κ2) is 30.2. The van der Waals surface area contributed by atoms with Crippen LogP contribution >= 0.6 is 49.6 Å². The summed E-state index contributed by atoms with van der Waals surface area (Å²) in [4.78, 5) is 0. The first-order valence-electron chi connectivity index (χ1n) is 1.72. The molecule has 70 valence electrons. The fourth-order valence-corrected chi connectivity index (χ4v) is 0.340. The quantitative estimate of drug-likeness (QED) is 0.538. The van der Waals surface area contributed by atoms with Crippen molar-refractivity contribution in [3.05, 3.63) is 31.7 Å². The number of rotatable bonds is 0. The minimum absolute atomic E-state index is 0. The molecule has 1 aliphatic rings. The number of allylic oxidation sites excluding steroid dienone is 4. The maximum Gasteiger partial charge on any atom is 2.00 e. The van der Waals surface area contributed by atoms with E-state index in [2.05, 4.69) is 12.2 Å². The smallest absolute Gasteiger partial charge is 0.358 e. The van der Waals surface area contributed by atoms with E-state index in [1.165, 1.54) is 0 Å². The van der Waals surface area contributed by atoms with Crippen molar-refractivity contribution in [3.63, 3.8) is 0 Å². The Balaban J connectivity index is -0.0000000104. The summed E-state index contributed by atoms with van der Waals surface area (Å²) in [6.07, 6.45) is 10.0. The molecule has 1 aliphatic carbocycles. The van der Waals surface area contributed by atoms with E-state index in [0.29, 0.717) is 0 Å². The summed E-state index contributed by atoms with van der Waals surface area (Å²) in [5.74, 6) is 0. The van der Waals surface area contributed by atoms with Gasteiger partial charge in [0.25, 0.3) is 0 Å². The SMILES string of the molecule is Cl.Cl.Cl.Cl.[C-]1=CC=CC1.[CH3-].[W+2]. The van der Waals surface area contributed by atoms with E-state index < -0.39 is 0 Å². The summed E-state index contributed by atoms with van der Waals surface area (Å²) in [7, 11) is 0. The van der Waals surface area contributed by atoms with Crippen LogP contribution in [0.4, 0.5) is 0 Å². The molecule has 0 bridgehead atoms. The number of hydrogen-bond acceptors (Lipinski definition) is 0. The Labute approximate surface area is 108 Å². The van der Waals surface area contributed by atoms with Gasteiger partial charge in [-0.05, 0) is 0 Å². The molecule has 0 N–H and O–H groups in total. The van der Waals surface area contributed by atoms with Gasteiger partial charge >= 0.3 is 21.1 Å². The molecule has 0 atom stereocenters. The van der Waals surface area contributed by atoms with Crippen LogP contribution in [0.5, 0.6) is 0 Å². The minimum atomic E-state index is 0. The molecule has 0 spiro atoms. The van der Waals surface area contributed by atoms with Crippen LogP contribution in [0.1, 0.15) is 6.42 Å². The molecule has 5 heteroatoms. The molecule has 0 radical (unpaired) electrons. The standard InChI is InChI=1S/C5H5.CH3.4ClH.W/c1-2-4-5-3-1;;;;;;/h1-3H,4H2;1H3;4*1H;/q2*-1;;;;;+2. The largest absolute Gasteiger partial charge is 2.00 e. The molecule has 0 aromatic carbocycles. The van der Waals surface area contributed by atoms with E-state index >= 15 is 0 Å². The van der Waals surface area contributed by atoms with E-state index in [0.717, 1.165) is 6.42 Å². The van der Waals surface area contributed by atoms with Gasteiger partial charge in [0.15, 0.2) is 0 Å². The van der Waals surface area contributed by atoms with Crippen LogP contribution in [0.25, 0.3) is 0 Å². The van der Waals surface area contributed by atoms with Gasteiger partial charge in [-0.3, -0.25) is 6.08 Å². The monoisotopic (exact) mass is 408 g/mol. The van der Waals surface area contributed by atoms with Crippen molar-refractivity contribution in [1.82, 2.24) is 0 Å². The second-order valence-electron chi connectivity index (χ2n) is 1.00. The predicted molar refractivity (Wildman–Crippen MR) is 57.0 cm³/mol. The van der Waals surface area contributed by atoms with Crippen molar-refractivity contribution in [1.29, 1.82) is 0 Å². The van der Waals surface area contributed by atoms with Crippen LogP contribution in [0, 0.1) is 13.5 Å². The third-order valence-corrected chi connectivity index (χ3v) is 0.586. The topological polar surface area (TPSA) is 0 Å². The summed E-state index contributed by atoms with van der Waals surface area (Å²) >= 11 is 0. The summed E-state index contributed by atoms with van der Waals surface area (Å²) < 4.78 is 0. The van der Waals surface area contributed by atoms with Gasteiger partial charge in [-0.25, -0.2) is 12.2 Å². The Morgan fingerprint density at radius 3 is 1.55 bits per heavy atom. The molecule has 0 fully saturated rings. The number of hydrogen-bond donors (Lipinski definition) is 0. The molecule has 0 heterocycles. The van der Waals surface area contributed by atoms with Crippen LogP contribution in [0.3, 0.4) is 0 Å². The molecule has 0 aliphatic heterocycles. The maximum absolute atomic E-state index is 2.99. The van der Waals surface area contributed by atoms with Gasteiger partial charge in [-0.1, -0.05) is 0 Å². The normalized spacial score (nSPS) is 8.00.